The smallest absolute Gasteiger partial charge is 0.239 e. The largest absolute Gasteiger partial charge is 0.341 e. The van der Waals surface area contributed by atoms with Gasteiger partial charge in [0.15, 0.2) is 0 Å². The number of amides is 1. The van der Waals surface area contributed by atoms with E-state index in [1.165, 1.54) is 0 Å². The zero-order valence-corrected chi connectivity index (χ0v) is 14.1. The Morgan fingerprint density at radius 3 is 1.75 bits per heavy atom. The second-order valence-corrected chi connectivity index (χ2v) is 6.03. The van der Waals surface area contributed by atoms with Crippen molar-refractivity contribution in [1.29, 1.82) is 0 Å². The lowest BCUT2D eigenvalue weighted by Gasteiger charge is -2.27. The van der Waals surface area contributed by atoms with Gasteiger partial charge in [-0.1, -0.05) is 13.3 Å². The van der Waals surface area contributed by atoms with Crippen LogP contribution in [0, 0.1) is 0 Å². The molecule has 0 aromatic rings. The minimum atomic E-state index is -0.335. The fraction of sp³-hybridized carbons (Fsp3) is 0.933. The summed E-state index contributed by atoms with van der Waals surface area (Å²) in [5, 5.41) is 0. The van der Waals surface area contributed by atoms with Crippen molar-refractivity contribution in [2.75, 3.05) is 54.4 Å². The van der Waals surface area contributed by atoms with Crippen molar-refractivity contribution in [3.8, 4) is 0 Å². The molecule has 2 N–H and O–H groups in total. The molecular formula is C15H34N4O. The molecular weight excluding hydrogens is 252 g/mol. The number of rotatable bonds is 11. The van der Waals surface area contributed by atoms with Crippen LogP contribution in [0.25, 0.3) is 0 Å². The third kappa shape index (κ3) is 9.28. The van der Waals surface area contributed by atoms with Gasteiger partial charge in [0.2, 0.25) is 5.91 Å². The van der Waals surface area contributed by atoms with E-state index in [1.807, 2.05) is 4.90 Å². The highest BCUT2D eigenvalue weighted by Gasteiger charge is 2.19. The van der Waals surface area contributed by atoms with E-state index in [9.17, 15) is 4.79 Å². The Kier molecular flexibility index (Phi) is 10.7. The third-order valence-electron chi connectivity index (χ3n) is 3.30. The van der Waals surface area contributed by atoms with Crippen LogP contribution in [0.3, 0.4) is 0 Å². The average molecular weight is 286 g/mol. The van der Waals surface area contributed by atoms with Gasteiger partial charge < -0.3 is 20.4 Å². The molecule has 0 aliphatic rings. The van der Waals surface area contributed by atoms with Crippen LogP contribution in [0.15, 0.2) is 0 Å². The van der Waals surface area contributed by atoms with Crippen molar-refractivity contribution >= 4 is 5.91 Å². The van der Waals surface area contributed by atoms with Crippen LogP contribution in [0.2, 0.25) is 0 Å². The fourth-order valence-electron chi connectivity index (χ4n) is 2.16. The number of carbonyl (C=O) groups is 1. The summed E-state index contributed by atoms with van der Waals surface area (Å²) < 4.78 is 0. The first-order chi connectivity index (χ1) is 9.38. The van der Waals surface area contributed by atoms with Crippen molar-refractivity contribution in [3.63, 3.8) is 0 Å². The van der Waals surface area contributed by atoms with Gasteiger partial charge in [0.1, 0.15) is 0 Å². The molecule has 20 heavy (non-hydrogen) atoms. The molecule has 0 saturated heterocycles. The highest BCUT2D eigenvalue weighted by molar-refractivity contribution is 5.81. The molecule has 5 nitrogen and oxygen atoms in total. The summed E-state index contributed by atoms with van der Waals surface area (Å²) in [6.45, 7) is 5.68. The number of carbonyl (C=O) groups excluding carboxylic acids is 1. The molecule has 0 heterocycles. The molecule has 0 fully saturated rings. The molecule has 0 aliphatic heterocycles. The molecule has 0 rings (SSSR count). The minimum absolute atomic E-state index is 0.115. The summed E-state index contributed by atoms with van der Waals surface area (Å²) in [6.07, 6.45) is 3.73. The topological polar surface area (TPSA) is 52.8 Å². The van der Waals surface area contributed by atoms with Crippen LogP contribution in [0.4, 0.5) is 0 Å². The third-order valence-corrected chi connectivity index (χ3v) is 3.30. The minimum Gasteiger partial charge on any atom is -0.341 e. The number of hydrogen-bond acceptors (Lipinski definition) is 4. The first-order valence-electron chi connectivity index (χ1n) is 7.72. The van der Waals surface area contributed by atoms with Gasteiger partial charge in [-0.25, -0.2) is 0 Å². The second kappa shape index (κ2) is 11.1. The van der Waals surface area contributed by atoms with Crippen LogP contribution >= 0.6 is 0 Å². The molecule has 1 atom stereocenters. The predicted molar refractivity (Wildman–Crippen MR) is 85.8 cm³/mol. The number of nitrogens with two attached hydrogens (primary N) is 1. The molecule has 0 bridgehead atoms. The van der Waals surface area contributed by atoms with Gasteiger partial charge in [-0.05, 0) is 60.5 Å². The SMILES string of the molecule is CCC[C@H](N)C(=O)N(CCCN(C)C)CCCN(C)C. The van der Waals surface area contributed by atoms with Gasteiger partial charge in [0, 0.05) is 13.1 Å². The lowest BCUT2D eigenvalue weighted by molar-refractivity contribution is -0.133. The van der Waals surface area contributed by atoms with Gasteiger partial charge in [0.25, 0.3) is 0 Å². The summed E-state index contributed by atoms with van der Waals surface area (Å²) in [6, 6.07) is -0.335. The van der Waals surface area contributed by atoms with E-state index in [-0.39, 0.29) is 11.9 Å². The number of nitrogens with zero attached hydrogens (tertiary/aromatic N) is 3. The second-order valence-electron chi connectivity index (χ2n) is 6.03. The molecule has 0 aromatic carbocycles. The van der Waals surface area contributed by atoms with Crippen LogP contribution in [0.1, 0.15) is 32.6 Å². The average Bonchev–Trinajstić information content (AvgIpc) is 2.35. The monoisotopic (exact) mass is 286 g/mol. The fourth-order valence-corrected chi connectivity index (χ4v) is 2.16. The van der Waals surface area contributed by atoms with Crippen molar-refractivity contribution in [3.05, 3.63) is 0 Å². The predicted octanol–water partition coefficient (Wildman–Crippen LogP) is 0.846. The lowest BCUT2D eigenvalue weighted by atomic mass is 10.1. The lowest BCUT2D eigenvalue weighted by Crippen LogP contribution is -2.45. The number of hydrogen-bond donors (Lipinski definition) is 1. The molecule has 5 heteroatoms. The molecule has 0 saturated carbocycles. The Morgan fingerprint density at radius 2 is 1.40 bits per heavy atom. The Balaban J connectivity index is 4.32. The maximum Gasteiger partial charge on any atom is 0.239 e. The molecule has 0 aliphatic carbocycles. The molecule has 0 unspecified atom stereocenters. The summed E-state index contributed by atoms with van der Waals surface area (Å²) in [5.74, 6) is 0.115. The summed E-state index contributed by atoms with van der Waals surface area (Å²) in [5.41, 5.74) is 5.98. The van der Waals surface area contributed by atoms with Crippen LogP contribution in [-0.4, -0.2) is 81.0 Å². The Morgan fingerprint density at radius 1 is 0.950 bits per heavy atom. The van der Waals surface area contributed by atoms with Crippen molar-refractivity contribution < 1.29 is 4.79 Å². The van der Waals surface area contributed by atoms with Crippen LogP contribution in [-0.2, 0) is 4.79 Å². The Hall–Kier alpha value is -0.650. The van der Waals surface area contributed by atoms with E-state index in [2.05, 4.69) is 44.9 Å². The van der Waals surface area contributed by atoms with Crippen LogP contribution in [0.5, 0.6) is 0 Å². The van der Waals surface area contributed by atoms with Crippen LogP contribution < -0.4 is 5.73 Å². The van der Waals surface area contributed by atoms with E-state index in [1.54, 1.807) is 0 Å². The first-order valence-corrected chi connectivity index (χ1v) is 7.72. The van der Waals surface area contributed by atoms with Gasteiger partial charge in [-0.3, -0.25) is 4.79 Å². The molecule has 1 amide bonds. The quantitative estimate of drug-likeness (QED) is 0.612. The Bertz CT molecular complexity index is 242. The standard InChI is InChI=1S/C15H34N4O/c1-6-9-14(16)15(20)19(12-7-10-17(2)3)13-8-11-18(4)5/h14H,6-13,16H2,1-5H3/t14-/m0/s1. The van der Waals surface area contributed by atoms with Gasteiger partial charge in [-0.2, -0.15) is 0 Å². The van der Waals surface area contributed by atoms with E-state index in [0.717, 1.165) is 51.9 Å². The summed E-state index contributed by atoms with van der Waals surface area (Å²) >= 11 is 0. The molecule has 0 spiro atoms. The highest BCUT2D eigenvalue weighted by atomic mass is 16.2. The summed E-state index contributed by atoms with van der Waals surface area (Å²) in [7, 11) is 8.23. The van der Waals surface area contributed by atoms with E-state index < -0.39 is 0 Å². The van der Waals surface area contributed by atoms with Gasteiger partial charge in [0.05, 0.1) is 6.04 Å². The van der Waals surface area contributed by atoms with Crippen molar-refractivity contribution in [2.45, 2.75) is 38.6 Å². The zero-order chi connectivity index (χ0) is 15.5. The maximum atomic E-state index is 12.4. The van der Waals surface area contributed by atoms with E-state index in [0.29, 0.717) is 0 Å². The van der Waals surface area contributed by atoms with Crippen molar-refractivity contribution in [1.82, 2.24) is 14.7 Å². The first kappa shape index (κ1) is 19.4. The molecule has 0 aromatic heterocycles. The van der Waals surface area contributed by atoms with E-state index in [4.69, 9.17) is 5.73 Å². The highest BCUT2D eigenvalue weighted by Crippen LogP contribution is 2.03. The molecule has 120 valence electrons. The Labute approximate surface area is 125 Å². The molecule has 0 radical (unpaired) electrons. The van der Waals surface area contributed by atoms with Gasteiger partial charge in [-0.15, -0.1) is 0 Å². The maximum absolute atomic E-state index is 12.4. The van der Waals surface area contributed by atoms with E-state index >= 15 is 0 Å². The van der Waals surface area contributed by atoms with Gasteiger partial charge >= 0.3 is 0 Å². The summed E-state index contributed by atoms with van der Waals surface area (Å²) in [4.78, 5) is 18.6. The normalized spacial score (nSPS) is 13.0. The van der Waals surface area contributed by atoms with Crippen molar-refractivity contribution in [2.24, 2.45) is 5.73 Å². The zero-order valence-electron chi connectivity index (χ0n) is 14.1.